The molecule has 1 aliphatic heterocycles. The van der Waals surface area contributed by atoms with Crippen LogP contribution in [0.4, 0.5) is 0 Å². The van der Waals surface area contributed by atoms with Gasteiger partial charge >= 0.3 is 0 Å². The molecule has 1 amide bonds. The average molecular weight is 245 g/mol. The molecule has 2 aromatic rings. The summed E-state index contributed by atoms with van der Waals surface area (Å²) in [4.78, 5) is 14.1. The number of hydrogen-bond donors (Lipinski definition) is 2. The number of likely N-dealkylation sites (tertiary alicyclic amines) is 1. The molecule has 0 spiro atoms. The SMILES string of the molecule is O=C(c1cn[nH]c1)N1CCCC(c2ccn[nH]2)C1. The van der Waals surface area contributed by atoms with Crippen LogP contribution in [-0.2, 0) is 0 Å². The normalized spacial score (nSPS) is 20.0. The Hall–Kier alpha value is -2.11. The first kappa shape index (κ1) is 11.0. The maximum Gasteiger partial charge on any atom is 0.257 e. The van der Waals surface area contributed by atoms with Gasteiger partial charge in [-0.05, 0) is 18.9 Å². The van der Waals surface area contributed by atoms with Gasteiger partial charge in [-0.25, -0.2) is 0 Å². The molecule has 0 saturated carbocycles. The maximum absolute atomic E-state index is 12.2. The van der Waals surface area contributed by atoms with Crippen molar-refractivity contribution in [2.45, 2.75) is 18.8 Å². The molecule has 1 saturated heterocycles. The fraction of sp³-hybridized carbons (Fsp3) is 0.417. The maximum atomic E-state index is 12.2. The van der Waals surface area contributed by atoms with Crippen LogP contribution in [0.1, 0.15) is 34.8 Å². The zero-order valence-electron chi connectivity index (χ0n) is 9.97. The molecule has 1 fully saturated rings. The standard InChI is InChI=1S/C12H15N5O/c18-12(10-6-14-15-7-10)17-5-1-2-9(8-17)11-3-4-13-16-11/h3-4,6-7,9H,1-2,5,8H2,(H,13,16)(H,14,15). The van der Waals surface area contributed by atoms with Crippen LogP contribution in [0.3, 0.4) is 0 Å². The van der Waals surface area contributed by atoms with E-state index in [-0.39, 0.29) is 5.91 Å². The first-order valence-corrected chi connectivity index (χ1v) is 6.12. The van der Waals surface area contributed by atoms with Crippen LogP contribution in [0.2, 0.25) is 0 Å². The van der Waals surface area contributed by atoms with E-state index in [9.17, 15) is 4.79 Å². The van der Waals surface area contributed by atoms with E-state index in [0.717, 1.165) is 31.6 Å². The van der Waals surface area contributed by atoms with Gasteiger partial charge in [0.2, 0.25) is 0 Å². The van der Waals surface area contributed by atoms with Crippen molar-refractivity contribution < 1.29 is 4.79 Å². The third kappa shape index (κ3) is 2.01. The number of hydrogen-bond acceptors (Lipinski definition) is 3. The summed E-state index contributed by atoms with van der Waals surface area (Å²) in [6.45, 7) is 1.56. The van der Waals surface area contributed by atoms with Crippen molar-refractivity contribution >= 4 is 5.91 Å². The number of amides is 1. The second-order valence-electron chi connectivity index (χ2n) is 4.59. The van der Waals surface area contributed by atoms with Crippen LogP contribution < -0.4 is 0 Å². The van der Waals surface area contributed by atoms with E-state index < -0.39 is 0 Å². The first-order valence-electron chi connectivity index (χ1n) is 6.12. The zero-order chi connectivity index (χ0) is 12.4. The summed E-state index contributed by atoms with van der Waals surface area (Å²) in [5, 5.41) is 13.5. The van der Waals surface area contributed by atoms with Crippen molar-refractivity contribution in [3.05, 3.63) is 35.9 Å². The minimum atomic E-state index is 0.0490. The topological polar surface area (TPSA) is 77.7 Å². The Kier molecular flexibility index (Phi) is 2.84. The summed E-state index contributed by atoms with van der Waals surface area (Å²) >= 11 is 0. The third-order valence-electron chi connectivity index (χ3n) is 3.42. The van der Waals surface area contributed by atoms with Gasteiger partial charge in [0.05, 0.1) is 11.8 Å². The molecular weight excluding hydrogens is 230 g/mol. The van der Waals surface area contributed by atoms with Crippen molar-refractivity contribution in [3.63, 3.8) is 0 Å². The average Bonchev–Trinajstić information content (AvgIpc) is 3.11. The molecule has 6 nitrogen and oxygen atoms in total. The van der Waals surface area contributed by atoms with E-state index in [1.807, 2.05) is 11.0 Å². The number of nitrogens with one attached hydrogen (secondary N) is 2. The highest BCUT2D eigenvalue weighted by molar-refractivity contribution is 5.93. The molecule has 6 heteroatoms. The Labute approximate surface area is 104 Å². The molecule has 18 heavy (non-hydrogen) atoms. The number of aromatic nitrogens is 4. The number of carbonyl (C=O) groups is 1. The number of aromatic amines is 2. The van der Waals surface area contributed by atoms with E-state index in [2.05, 4.69) is 20.4 Å². The van der Waals surface area contributed by atoms with E-state index in [1.165, 1.54) is 0 Å². The lowest BCUT2D eigenvalue weighted by Crippen LogP contribution is -2.39. The molecule has 1 atom stereocenters. The van der Waals surface area contributed by atoms with Gasteiger partial charge in [-0.15, -0.1) is 0 Å². The minimum absolute atomic E-state index is 0.0490. The van der Waals surface area contributed by atoms with Crippen LogP contribution in [-0.4, -0.2) is 44.3 Å². The van der Waals surface area contributed by atoms with Crippen LogP contribution >= 0.6 is 0 Å². The van der Waals surface area contributed by atoms with Crippen molar-refractivity contribution in [3.8, 4) is 0 Å². The number of H-pyrrole nitrogens is 2. The van der Waals surface area contributed by atoms with Crippen LogP contribution in [0.25, 0.3) is 0 Å². The smallest absolute Gasteiger partial charge is 0.257 e. The summed E-state index contributed by atoms with van der Waals surface area (Å²) in [5.74, 6) is 0.407. The van der Waals surface area contributed by atoms with Gasteiger partial charge in [-0.2, -0.15) is 10.2 Å². The van der Waals surface area contributed by atoms with E-state index in [4.69, 9.17) is 0 Å². The van der Waals surface area contributed by atoms with E-state index in [0.29, 0.717) is 11.5 Å². The molecule has 1 aliphatic rings. The van der Waals surface area contributed by atoms with Gasteiger partial charge < -0.3 is 4.90 Å². The number of piperidine rings is 1. The van der Waals surface area contributed by atoms with Gasteiger partial charge in [-0.1, -0.05) is 0 Å². The summed E-state index contributed by atoms with van der Waals surface area (Å²) in [6.07, 6.45) is 7.08. The molecule has 0 bridgehead atoms. The highest BCUT2D eigenvalue weighted by Crippen LogP contribution is 2.25. The quantitative estimate of drug-likeness (QED) is 0.833. The fourth-order valence-corrected chi connectivity index (χ4v) is 2.46. The molecule has 0 aliphatic carbocycles. The van der Waals surface area contributed by atoms with Gasteiger partial charge in [-0.3, -0.25) is 15.0 Å². The largest absolute Gasteiger partial charge is 0.338 e. The third-order valence-corrected chi connectivity index (χ3v) is 3.42. The highest BCUT2D eigenvalue weighted by atomic mass is 16.2. The van der Waals surface area contributed by atoms with Crippen molar-refractivity contribution in [2.75, 3.05) is 13.1 Å². The second kappa shape index (κ2) is 4.64. The van der Waals surface area contributed by atoms with Crippen molar-refractivity contribution in [1.82, 2.24) is 25.3 Å². The Morgan fingerprint density at radius 2 is 2.39 bits per heavy atom. The molecule has 0 radical (unpaired) electrons. The van der Waals surface area contributed by atoms with Crippen LogP contribution in [0.15, 0.2) is 24.7 Å². The number of carbonyl (C=O) groups excluding carboxylic acids is 1. The first-order chi connectivity index (χ1) is 8.84. The molecular formula is C12H15N5O. The molecule has 0 aromatic carbocycles. The van der Waals surface area contributed by atoms with Gasteiger partial charge in [0.15, 0.2) is 0 Å². The molecule has 2 N–H and O–H groups in total. The number of nitrogens with zero attached hydrogens (tertiary/aromatic N) is 3. The molecule has 3 heterocycles. The van der Waals surface area contributed by atoms with Gasteiger partial charge in [0, 0.05) is 37.1 Å². The lowest BCUT2D eigenvalue weighted by Gasteiger charge is -2.31. The predicted octanol–water partition coefficient (Wildman–Crippen LogP) is 1.15. The lowest BCUT2D eigenvalue weighted by atomic mass is 9.94. The molecule has 1 unspecified atom stereocenters. The molecule has 2 aromatic heterocycles. The van der Waals surface area contributed by atoms with E-state index in [1.54, 1.807) is 18.6 Å². The second-order valence-corrected chi connectivity index (χ2v) is 4.59. The molecule has 94 valence electrons. The van der Waals surface area contributed by atoms with Crippen molar-refractivity contribution in [1.29, 1.82) is 0 Å². The Bertz CT molecular complexity index is 505. The predicted molar refractivity (Wildman–Crippen MR) is 65.1 cm³/mol. The molecule has 3 rings (SSSR count). The van der Waals surface area contributed by atoms with Crippen molar-refractivity contribution in [2.24, 2.45) is 0 Å². The monoisotopic (exact) mass is 245 g/mol. The Morgan fingerprint density at radius 3 is 3.11 bits per heavy atom. The highest BCUT2D eigenvalue weighted by Gasteiger charge is 2.26. The van der Waals surface area contributed by atoms with Gasteiger partial charge in [0.25, 0.3) is 5.91 Å². The van der Waals surface area contributed by atoms with Crippen LogP contribution in [0, 0.1) is 0 Å². The number of rotatable bonds is 2. The summed E-state index contributed by atoms with van der Waals surface area (Å²) in [5.41, 5.74) is 1.74. The summed E-state index contributed by atoms with van der Waals surface area (Å²) in [6, 6.07) is 1.98. The van der Waals surface area contributed by atoms with Crippen LogP contribution in [0.5, 0.6) is 0 Å². The summed E-state index contributed by atoms with van der Waals surface area (Å²) in [7, 11) is 0. The van der Waals surface area contributed by atoms with E-state index >= 15 is 0 Å². The van der Waals surface area contributed by atoms with Gasteiger partial charge in [0.1, 0.15) is 0 Å². The minimum Gasteiger partial charge on any atom is -0.338 e. The Morgan fingerprint density at radius 1 is 1.44 bits per heavy atom. The Balaban J connectivity index is 1.73. The lowest BCUT2D eigenvalue weighted by molar-refractivity contribution is 0.0706. The zero-order valence-corrected chi connectivity index (χ0v) is 9.97. The fourth-order valence-electron chi connectivity index (χ4n) is 2.46. The summed E-state index contributed by atoms with van der Waals surface area (Å²) < 4.78 is 0.